The van der Waals surface area contributed by atoms with Crippen LogP contribution < -0.4 is 5.32 Å². The summed E-state index contributed by atoms with van der Waals surface area (Å²) in [6.07, 6.45) is 0. The van der Waals surface area contributed by atoms with Crippen LogP contribution in [0.25, 0.3) is 0 Å². The quantitative estimate of drug-likeness (QED) is 0.823. The van der Waals surface area contributed by atoms with Crippen molar-refractivity contribution in [3.05, 3.63) is 54.1 Å². The number of hydrogen-bond donors (Lipinski definition) is 1. The summed E-state index contributed by atoms with van der Waals surface area (Å²) in [6.45, 7) is 3.55. The van der Waals surface area contributed by atoms with Gasteiger partial charge in [-0.05, 0) is 42.8 Å². The molecule has 0 amide bonds. The van der Waals surface area contributed by atoms with E-state index in [1.807, 2.05) is 31.2 Å². The van der Waals surface area contributed by atoms with Crippen LogP contribution in [0.2, 0.25) is 0 Å². The molecule has 0 radical (unpaired) electrons. The van der Waals surface area contributed by atoms with Gasteiger partial charge in [0, 0.05) is 11.4 Å². The summed E-state index contributed by atoms with van der Waals surface area (Å²) in [4.78, 5) is 0.342. The van der Waals surface area contributed by atoms with Crippen LogP contribution in [0.15, 0.2) is 53.4 Å². The first kappa shape index (κ1) is 15.9. The van der Waals surface area contributed by atoms with Crippen molar-refractivity contribution in [3.8, 4) is 0 Å². The van der Waals surface area contributed by atoms with Crippen molar-refractivity contribution in [2.45, 2.75) is 24.1 Å². The molecule has 1 atom stereocenters. The number of halogens is 1. The molecule has 0 fully saturated rings. The monoisotopic (exact) mass is 323 g/mol. The van der Waals surface area contributed by atoms with Crippen LogP contribution in [0.1, 0.15) is 24.8 Å². The first-order valence-corrected chi connectivity index (χ1v) is 8.85. The van der Waals surface area contributed by atoms with E-state index in [-0.39, 0.29) is 11.1 Å². The standard InChI is InChI=1S/C16H18ClNO2S/c1-3-21(19,20)14-10-8-13(9-11-14)18-16-7-5-4-6-15(16)12(2)17/h4-12,18H,3H2,1-2H3. The molecule has 2 aromatic rings. The number of para-hydroxylation sites is 1. The summed E-state index contributed by atoms with van der Waals surface area (Å²) in [6, 6.07) is 14.6. The van der Waals surface area contributed by atoms with E-state index in [9.17, 15) is 8.42 Å². The average Bonchev–Trinajstić information content (AvgIpc) is 2.48. The Hall–Kier alpha value is -1.52. The summed E-state index contributed by atoms with van der Waals surface area (Å²) in [7, 11) is -3.16. The number of sulfone groups is 1. The first-order valence-electron chi connectivity index (χ1n) is 6.77. The van der Waals surface area contributed by atoms with E-state index in [0.29, 0.717) is 4.90 Å². The second kappa shape index (κ2) is 6.50. The fourth-order valence-corrected chi connectivity index (χ4v) is 3.10. The van der Waals surface area contributed by atoms with Crippen LogP contribution in [0.5, 0.6) is 0 Å². The van der Waals surface area contributed by atoms with Crippen LogP contribution in [0, 0.1) is 0 Å². The highest BCUT2D eigenvalue weighted by atomic mass is 35.5. The Balaban J connectivity index is 2.26. The minimum Gasteiger partial charge on any atom is -0.355 e. The van der Waals surface area contributed by atoms with Gasteiger partial charge in [0.2, 0.25) is 0 Å². The Morgan fingerprint density at radius 3 is 2.29 bits per heavy atom. The molecule has 0 spiro atoms. The van der Waals surface area contributed by atoms with E-state index in [0.717, 1.165) is 16.9 Å². The van der Waals surface area contributed by atoms with Crippen LogP contribution >= 0.6 is 11.6 Å². The van der Waals surface area contributed by atoms with Crippen molar-refractivity contribution in [2.24, 2.45) is 0 Å². The Morgan fingerprint density at radius 2 is 1.71 bits per heavy atom. The summed E-state index contributed by atoms with van der Waals surface area (Å²) in [5.41, 5.74) is 2.75. The number of benzene rings is 2. The van der Waals surface area contributed by atoms with Crippen LogP contribution in [0.4, 0.5) is 11.4 Å². The van der Waals surface area contributed by atoms with Gasteiger partial charge in [-0.25, -0.2) is 8.42 Å². The van der Waals surface area contributed by atoms with Gasteiger partial charge in [0.15, 0.2) is 9.84 Å². The van der Waals surface area contributed by atoms with Crippen LogP contribution in [-0.4, -0.2) is 14.2 Å². The third-order valence-corrected chi connectivity index (χ3v) is 5.25. The van der Waals surface area contributed by atoms with Gasteiger partial charge in [-0.15, -0.1) is 11.6 Å². The van der Waals surface area contributed by atoms with E-state index in [2.05, 4.69) is 5.32 Å². The molecule has 0 saturated heterocycles. The second-order valence-electron chi connectivity index (χ2n) is 4.76. The molecule has 5 heteroatoms. The van der Waals surface area contributed by atoms with Crippen molar-refractivity contribution < 1.29 is 8.42 Å². The number of anilines is 2. The lowest BCUT2D eigenvalue weighted by Gasteiger charge is -2.13. The maximum absolute atomic E-state index is 11.8. The molecule has 0 aliphatic carbocycles. The van der Waals surface area contributed by atoms with Gasteiger partial charge in [0.1, 0.15) is 0 Å². The summed E-state index contributed by atoms with van der Waals surface area (Å²) < 4.78 is 23.6. The highest BCUT2D eigenvalue weighted by molar-refractivity contribution is 7.91. The Labute approximate surface area is 130 Å². The molecule has 1 N–H and O–H groups in total. The van der Waals surface area contributed by atoms with E-state index in [4.69, 9.17) is 11.6 Å². The van der Waals surface area contributed by atoms with E-state index < -0.39 is 9.84 Å². The molecule has 0 aromatic heterocycles. The van der Waals surface area contributed by atoms with Gasteiger partial charge < -0.3 is 5.32 Å². The summed E-state index contributed by atoms with van der Waals surface area (Å²) >= 11 is 6.16. The predicted molar refractivity (Wildman–Crippen MR) is 88.2 cm³/mol. The second-order valence-corrected chi connectivity index (χ2v) is 7.69. The zero-order valence-corrected chi connectivity index (χ0v) is 13.6. The molecule has 2 rings (SSSR count). The molecule has 2 aromatic carbocycles. The van der Waals surface area contributed by atoms with Gasteiger partial charge in [-0.1, -0.05) is 25.1 Å². The minimum absolute atomic E-state index is 0.103. The minimum atomic E-state index is -3.16. The maximum atomic E-state index is 11.8. The van der Waals surface area contributed by atoms with Gasteiger partial charge >= 0.3 is 0 Å². The molecule has 21 heavy (non-hydrogen) atoms. The third kappa shape index (κ3) is 3.77. The molecule has 3 nitrogen and oxygen atoms in total. The smallest absolute Gasteiger partial charge is 0.178 e. The number of alkyl halides is 1. The number of rotatable bonds is 5. The fourth-order valence-electron chi connectivity index (χ4n) is 2.03. The van der Waals surface area contributed by atoms with Gasteiger partial charge in [0.05, 0.1) is 16.0 Å². The number of nitrogens with one attached hydrogen (secondary N) is 1. The summed E-state index contributed by atoms with van der Waals surface area (Å²) in [5, 5.41) is 3.17. The Morgan fingerprint density at radius 1 is 1.10 bits per heavy atom. The van der Waals surface area contributed by atoms with E-state index >= 15 is 0 Å². The summed E-state index contributed by atoms with van der Waals surface area (Å²) in [5.74, 6) is 0.104. The lowest BCUT2D eigenvalue weighted by molar-refractivity contribution is 0.597. The highest BCUT2D eigenvalue weighted by Gasteiger charge is 2.11. The van der Waals surface area contributed by atoms with E-state index in [1.165, 1.54) is 0 Å². The molecular weight excluding hydrogens is 306 g/mol. The molecule has 1 unspecified atom stereocenters. The van der Waals surface area contributed by atoms with Crippen molar-refractivity contribution in [1.82, 2.24) is 0 Å². The fraction of sp³-hybridized carbons (Fsp3) is 0.250. The third-order valence-electron chi connectivity index (χ3n) is 3.26. The van der Waals surface area contributed by atoms with Crippen molar-refractivity contribution >= 4 is 32.8 Å². The normalized spacial score (nSPS) is 12.9. The van der Waals surface area contributed by atoms with Crippen molar-refractivity contribution in [3.63, 3.8) is 0 Å². The topological polar surface area (TPSA) is 46.2 Å². The molecule has 0 heterocycles. The van der Waals surface area contributed by atoms with Crippen LogP contribution in [-0.2, 0) is 9.84 Å². The molecular formula is C16H18ClNO2S. The lowest BCUT2D eigenvalue weighted by atomic mass is 10.1. The van der Waals surface area contributed by atoms with Crippen molar-refractivity contribution in [1.29, 1.82) is 0 Å². The predicted octanol–water partition coefficient (Wildman–Crippen LogP) is 4.52. The van der Waals surface area contributed by atoms with Gasteiger partial charge in [0.25, 0.3) is 0 Å². The number of hydrogen-bond acceptors (Lipinski definition) is 3. The first-order chi connectivity index (χ1) is 9.94. The molecule has 112 valence electrons. The van der Waals surface area contributed by atoms with E-state index in [1.54, 1.807) is 31.2 Å². The lowest BCUT2D eigenvalue weighted by Crippen LogP contribution is -2.03. The molecule has 0 aliphatic heterocycles. The van der Waals surface area contributed by atoms with Gasteiger partial charge in [-0.2, -0.15) is 0 Å². The molecule has 0 bridgehead atoms. The average molecular weight is 324 g/mol. The maximum Gasteiger partial charge on any atom is 0.178 e. The zero-order chi connectivity index (χ0) is 15.5. The molecule has 0 saturated carbocycles. The largest absolute Gasteiger partial charge is 0.355 e. The van der Waals surface area contributed by atoms with Gasteiger partial charge in [-0.3, -0.25) is 0 Å². The highest BCUT2D eigenvalue weighted by Crippen LogP contribution is 2.29. The Bertz CT molecular complexity index is 709. The van der Waals surface area contributed by atoms with Crippen molar-refractivity contribution in [2.75, 3.05) is 11.1 Å². The SMILES string of the molecule is CCS(=O)(=O)c1ccc(Nc2ccccc2C(C)Cl)cc1. The molecule has 0 aliphatic rings. The zero-order valence-electron chi connectivity index (χ0n) is 12.0. The van der Waals surface area contributed by atoms with Crippen LogP contribution in [0.3, 0.4) is 0 Å². The Kier molecular flexibility index (Phi) is 4.91.